The number of hydrogen-bond donors (Lipinski definition) is 0. The van der Waals surface area contributed by atoms with E-state index in [4.69, 9.17) is 4.74 Å². The van der Waals surface area contributed by atoms with Gasteiger partial charge in [0.25, 0.3) is 11.8 Å². The van der Waals surface area contributed by atoms with Crippen LogP contribution < -0.4 is 4.74 Å². The number of nitrogens with zero attached hydrogens (tertiary/aromatic N) is 1. The van der Waals surface area contributed by atoms with E-state index >= 15 is 0 Å². The summed E-state index contributed by atoms with van der Waals surface area (Å²) in [7, 11) is 1.63. The molecule has 2 aliphatic rings. The van der Waals surface area contributed by atoms with Crippen LogP contribution in [-0.4, -0.2) is 29.9 Å². The molecule has 1 heterocycles. The van der Waals surface area contributed by atoms with Gasteiger partial charge >= 0.3 is 0 Å². The monoisotopic (exact) mass is 293 g/mol. The first kappa shape index (κ1) is 13.1. The third kappa shape index (κ3) is 1.84. The highest BCUT2D eigenvalue weighted by Gasteiger charge is 2.51. The van der Waals surface area contributed by atoms with Crippen molar-refractivity contribution in [3.05, 3.63) is 65.2 Å². The van der Waals surface area contributed by atoms with Gasteiger partial charge in [-0.1, -0.05) is 24.3 Å². The Kier molecular flexibility index (Phi) is 2.79. The summed E-state index contributed by atoms with van der Waals surface area (Å²) in [6.07, 6.45) is 0.818. The number of amides is 2. The molecule has 0 saturated heterocycles. The number of methoxy groups -OCH3 is 1. The molecule has 1 aliphatic carbocycles. The van der Waals surface area contributed by atoms with Crippen LogP contribution in [0.4, 0.5) is 0 Å². The van der Waals surface area contributed by atoms with Gasteiger partial charge in [0.05, 0.1) is 18.2 Å². The zero-order valence-electron chi connectivity index (χ0n) is 12.2. The molecule has 0 bridgehead atoms. The molecule has 4 heteroatoms. The summed E-state index contributed by atoms with van der Waals surface area (Å²) in [5.41, 5.74) is 2.15. The SMILES string of the molecule is COc1cccc([C@H]2C[C@H]2N2C(=O)c3ccccc3C2=O)c1. The van der Waals surface area contributed by atoms with Gasteiger partial charge in [-0.15, -0.1) is 0 Å². The number of rotatable bonds is 3. The third-order valence-corrected chi connectivity index (χ3v) is 4.44. The number of fused-ring (bicyclic) bond motifs is 1. The standard InChI is InChI=1S/C18H15NO3/c1-22-12-6-4-5-11(9-12)15-10-16(15)19-17(20)13-7-2-3-8-14(13)18(19)21/h2-9,15-16H,10H2,1H3/t15-,16-/m1/s1. The quantitative estimate of drug-likeness (QED) is 0.818. The summed E-state index contributed by atoms with van der Waals surface area (Å²) in [4.78, 5) is 26.4. The van der Waals surface area contributed by atoms with Gasteiger partial charge in [-0.3, -0.25) is 14.5 Å². The molecule has 0 unspecified atom stereocenters. The minimum atomic E-state index is -0.170. The van der Waals surface area contributed by atoms with Crippen LogP contribution in [0.1, 0.15) is 38.6 Å². The van der Waals surface area contributed by atoms with Crippen LogP contribution in [0, 0.1) is 0 Å². The second-order valence-corrected chi connectivity index (χ2v) is 5.71. The van der Waals surface area contributed by atoms with Gasteiger partial charge in [0.15, 0.2) is 0 Å². The lowest BCUT2D eigenvalue weighted by Crippen LogP contribution is -2.32. The van der Waals surface area contributed by atoms with Crippen molar-refractivity contribution in [3.63, 3.8) is 0 Å². The molecule has 0 spiro atoms. The van der Waals surface area contributed by atoms with E-state index < -0.39 is 0 Å². The van der Waals surface area contributed by atoms with Crippen molar-refractivity contribution in [3.8, 4) is 5.75 Å². The molecule has 1 fully saturated rings. The molecule has 2 atom stereocenters. The summed E-state index contributed by atoms with van der Waals surface area (Å²) in [5.74, 6) is 0.662. The van der Waals surface area contributed by atoms with Crippen molar-refractivity contribution in [1.82, 2.24) is 4.90 Å². The van der Waals surface area contributed by atoms with Crippen LogP contribution in [0.2, 0.25) is 0 Å². The first-order valence-corrected chi connectivity index (χ1v) is 7.31. The van der Waals surface area contributed by atoms with Crippen molar-refractivity contribution in [2.45, 2.75) is 18.4 Å². The van der Waals surface area contributed by atoms with Crippen LogP contribution in [0.3, 0.4) is 0 Å². The Hall–Kier alpha value is -2.62. The molecule has 4 nitrogen and oxygen atoms in total. The van der Waals surface area contributed by atoms with E-state index in [-0.39, 0.29) is 23.8 Å². The predicted molar refractivity (Wildman–Crippen MR) is 81.1 cm³/mol. The van der Waals surface area contributed by atoms with E-state index in [1.54, 1.807) is 31.4 Å². The topological polar surface area (TPSA) is 46.6 Å². The minimum absolute atomic E-state index is 0.0421. The first-order valence-electron chi connectivity index (χ1n) is 7.31. The number of benzene rings is 2. The summed E-state index contributed by atoms with van der Waals surface area (Å²) in [5, 5.41) is 0. The molecule has 0 aromatic heterocycles. The summed E-state index contributed by atoms with van der Waals surface area (Å²) >= 11 is 0. The maximum Gasteiger partial charge on any atom is 0.261 e. The van der Waals surface area contributed by atoms with Gasteiger partial charge in [0, 0.05) is 12.0 Å². The first-order chi connectivity index (χ1) is 10.7. The largest absolute Gasteiger partial charge is 0.497 e. The average Bonchev–Trinajstić information content (AvgIpc) is 3.30. The van der Waals surface area contributed by atoms with Crippen LogP contribution in [0.25, 0.3) is 0 Å². The van der Waals surface area contributed by atoms with E-state index in [9.17, 15) is 9.59 Å². The Morgan fingerprint density at radius 2 is 1.68 bits per heavy atom. The molecule has 2 aromatic carbocycles. The Bertz CT molecular complexity index is 748. The molecule has 1 aliphatic heterocycles. The highest BCUT2D eigenvalue weighted by atomic mass is 16.5. The highest BCUT2D eigenvalue weighted by molar-refractivity contribution is 6.21. The Balaban J connectivity index is 1.61. The zero-order valence-corrected chi connectivity index (χ0v) is 12.2. The number of hydrogen-bond acceptors (Lipinski definition) is 3. The van der Waals surface area contributed by atoms with Gasteiger partial charge < -0.3 is 4.74 Å². The van der Waals surface area contributed by atoms with Gasteiger partial charge in [-0.05, 0) is 36.2 Å². The van der Waals surface area contributed by atoms with E-state index in [0.29, 0.717) is 11.1 Å². The Labute approximate surface area is 128 Å². The smallest absolute Gasteiger partial charge is 0.261 e. The van der Waals surface area contributed by atoms with Crippen LogP contribution in [0.5, 0.6) is 5.75 Å². The fourth-order valence-corrected chi connectivity index (χ4v) is 3.21. The number of carbonyl (C=O) groups is 2. The average molecular weight is 293 g/mol. The fraction of sp³-hybridized carbons (Fsp3) is 0.222. The van der Waals surface area contributed by atoms with Crippen LogP contribution in [-0.2, 0) is 0 Å². The van der Waals surface area contributed by atoms with E-state index in [0.717, 1.165) is 17.7 Å². The van der Waals surface area contributed by atoms with Crippen molar-refractivity contribution in [2.75, 3.05) is 7.11 Å². The van der Waals surface area contributed by atoms with Gasteiger partial charge in [-0.2, -0.15) is 0 Å². The number of carbonyl (C=O) groups excluding carboxylic acids is 2. The normalized spacial score (nSPS) is 22.7. The number of ether oxygens (including phenoxy) is 1. The molecule has 4 rings (SSSR count). The van der Waals surface area contributed by atoms with Crippen molar-refractivity contribution in [2.24, 2.45) is 0 Å². The molecule has 0 N–H and O–H groups in total. The minimum Gasteiger partial charge on any atom is -0.497 e. The van der Waals surface area contributed by atoms with E-state index in [2.05, 4.69) is 0 Å². The van der Waals surface area contributed by atoms with Crippen molar-refractivity contribution in [1.29, 1.82) is 0 Å². The molecule has 1 saturated carbocycles. The highest BCUT2D eigenvalue weighted by Crippen LogP contribution is 2.47. The third-order valence-electron chi connectivity index (χ3n) is 4.44. The summed E-state index contributed by atoms with van der Waals surface area (Å²) in [6, 6.07) is 14.8. The molecular formula is C18H15NO3. The lowest BCUT2D eigenvalue weighted by Gasteiger charge is -2.14. The molecule has 2 aromatic rings. The summed E-state index contributed by atoms with van der Waals surface area (Å²) in [6.45, 7) is 0. The number of imide groups is 1. The van der Waals surface area contributed by atoms with E-state index in [1.807, 2.05) is 24.3 Å². The summed E-state index contributed by atoms with van der Waals surface area (Å²) < 4.78 is 5.24. The molecule has 0 radical (unpaired) electrons. The van der Waals surface area contributed by atoms with Crippen LogP contribution in [0.15, 0.2) is 48.5 Å². The van der Waals surface area contributed by atoms with Crippen LogP contribution >= 0.6 is 0 Å². The molecule has 2 amide bonds. The van der Waals surface area contributed by atoms with Gasteiger partial charge in [-0.25, -0.2) is 0 Å². The second-order valence-electron chi connectivity index (χ2n) is 5.71. The lowest BCUT2D eigenvalue weighted by molar-refractivity contribution is 0.0639. The second kappa shape index (κ2) is 4.70. The molecular weight excluding hydrogens is 278 g/mol. The Morgan fingerprint density at radius 3 is 2.32 bits per heavy atom. The maximum absolute atomic E-state index is 12.5. The maximum atomic E-state index is 12.5. The van der Waals surface area contributed by atoms with Crippen molar-refractivity contribution < 1.29 is 14.3 Å². The van der Waals surface area contributed by atoms with Gasteiger partial charge in [0.2, 0.25) is 0 Å². The zero-order chi connectivity index (χ0) is 15.3. The lowest BCUT2D eigenvalue weighted by atomic mass is 10.1. The van der Waals surface area contributed by atoms with Crippen molar-refractivity contribution >= 4 is 11.8 Å². The predicted octanol–water partition coefficient (Wildman–Crippen LogP) is 2.85. The molecule has 22 heavy (non-hydrogen) atoms. The Morgan fingerprint density at radius 1 is 1.00 bits per heavy atom. The molecule has 110 valence electrons. The van der Waals surface area contributed by atoms with Gasteiger partial charge in [0.1, 0.15) is 5.75 Å². The fourth-order valence-electron chi connectivity index (χ4n) is 3.21. The van der Waals surface area contributed by atoms with E-state index in [1.165, 1.54) is 4.90 Å².